The molecule has 34 heavy (non-hydrogen) atoms. The number of fused-ring (bicyclic) bond motifs is 1. The number of likely N-dealkylation sites (N-methyl/N-ethyl adjacent to an activating group) is 1. The zero-order valence-electron chi connectivity index (χ0n) is 20.1. The van der Waals surface area contributed by atoms with E-state index in [0.717, 1.165) is 43.9 Å². The van der Waals surface area contributed by atoms with E-state index in [2.05, 4.69) is 56.6 Å². The molecule has 0 aromatic heterocycles. The molecule has 182 valence electrons. The van der Waals surface area contributed by atoms with Gasteiger partial charge in [0.15, 0.2) is 0 Å². The van der Waals surface area contributed by atoms with Gasteiger partial charge in [0.25, 0.3) is 0 Å². The van der Waals surface area contributed by atoms with Crippen molar-refractivity contribution in [3.8, 4) is 0 Å². The summed E-state index contributed by atoms with van der Waals surface area (Å²) in [5.74, 6) is -0.548. The number of aryl methyl sites for hydroxylation is 1. The topological polar surface area (TPSA) is 74.9 Å². The van der Waals surface area contributed by atoms with Gasteiger partial charge < -0.3 is 15.1 Å². The minimum absolute atomic E-state index is 0.0650. The second-order valence-electron chi connectivity index (χ2n) is 9.58. The summed E-state index contributed by atoms with van der Waals surface area (Å²) in [6.07, 6.45) is 0.289. The van der Waals surface area contributed by atoms with Gasteiger partial charge in [-0.25, -0.2) is 20.3 Å². The number of piperazine rings is 1. The monoisotopic (exact) mass is 467 g/mol. The first-order valence-corrected chi connectivity index (χ1v) is 12.0. The van der Waals surface area contributed by atoms with E-state index in [1.807, 2.05) is 20.0 Å². The Morgan fingerprint density at radius 2 is 1.91 bits per heavy atom. The normalized spacial score (nSPS) is 25.6. The molecular weight excluding hydrogens is 433 g/mol. The lowest BCUT2D eigenvalue weighted by Crippen LogP contribution is -2.60. The van der Waals surface area contributed by atoms with Crippen molar-refractivity contribution >= 4 is 17.3 Å². The van der Waals surface area contributed by atoms with Gasteiger partial charge in [-0.05, 0) is 49.8 Å². The quantitative estimate of drug-likeness (QED) is 0.530. The van der Waals surface area contributed by atoms with E-state index in [1.165, 1.54) is 22.3 Å². The molecular formula is C25H34FN7O. The van der Waals surface area contributed by atoms with Crippen LogP contribution in [0.25, 0.3) is 0 Å². The minimum Gasteiger partial charge on any atom is -0.369 e. The maximum atomic E-state index is 14.7. The largest absolute Gasteiger partial charge is 0.369 e. The van der Waals surface area contributed by atoms with Crippen molar-refractivity contribution in [2.24, 2.45) is 0 Å². The lowest BCUT2D eigenvalue weighted by Gasteiger charge is -2.38. The number of halogens is 1. The Morgan fingerprint density at radius 1 is 1.12 bits per heavy atom. The molecule has 0 bridgehead atoms. The number of para-hydroxylation sites is 1. The van der Waals surface area contributed by atoms with Crippen LogP contribution in [-0.2, 0) is 11.3 Å². The fraction of sp³-hybridized carbons (Fsp3) is 0.480. The minimum atomic E-state index is -0.400. The van der Waals surface area contributed by atoms with Crippen molar-refractivity contribution in [2.75, 3.05) is 50.2 Å². The van der Waals surface area contributed by atoms with E-state index in [4.69, 9.17) is 0 Å². The number of hydrogen-bond donors (Lipinski definition) is 4. The number of benzene rings is 2. The first kappa shape index (κ1) is 23.2. The van der Waals surface area contributed by atoms with Crippen LogP contribution in [0.1, 0.15) is 29.2 Å². The van der Waals surface area contributed by atoms with Crippen molar-refractivity contribution < 1.29 is 9.18 Å². The van der Waals surface area contributed by atoms with Crippen LogP contribution >= 0.6 is 0 Å². The Hall–Kier alpha value is -2.56. The van der Waals surface area contributed by atoms with Crippen molar-refractivity contribution in [3.05, 3.63) is 58.9 Å². The number of nitrogens with one attached hydrogen (secondary N) is 4. The van der Waals surface area contributed by atoms with E-state index in [1.54, 1.807) is 6.07 Å². The molecule has 3 aliphatic rings. The van der Waals surface area contributed by atoms with Gasteiger partial charge in [0.1, 0.15) is 5.82 Å². The van der Waals surface area contributed by atoms with Gasteiger partial charge in [-0.2, -0.15) is 0 Å². The van der Waals surface area contributed by atoms with E-state index >= 15 is 0 Å². The molecule has 3 heterocycles. The van der Waals surface area contributed by atoms with Crippen molar-refractivity contribution in [1.29, 1.82) is 0 Å². The lowest BCUT2D eigenvalue weighted by molar-refractivity contribution is -0.121. The van der Waals surface area contributed by atoms with Crippen LogP contribution in [0.15, 0.2) is 36.4 Å². The summed E-state index contributed by atoms with van der Waals surface area (Å²) in [5.41, 5.74) is 14.7. The lowest BCUT2D eigenvalue weighted by atomic mass is 9.92. The molecule has 3 unspecified atom stereocenters. The molecule has 1 amide bonds. The molecule has 0 radical (unpaired) electrons. The van der Waals surface area contributed by atoms with E-state index in [9.17, 15) is 9.18 Å². The third kappa shape index (κ3) is 4.30. The van der Waals surface area contributed by atoms with Gasteiger partial charge in [0.2, 0.25) is 5.91 Å². The molecule has 9 heteroatoms. The molecule has 8 nitrogen and oxygen atoms in total. The van der Waals surface area contributed by atoms with Gasteiger partial charge in [-0.3, -0.25) is 10.2 Å². The summed E-state index contributed by atoms with van der Waals surface area (Å²) in [4.78, 5) is 17.7. The van der Waals surface area contributed by atoms with Gasteiger partial charge in [-0.1, -0.05) is 24.3 Å². The zero-order valence-corrected chi connectivity index (χ0v) is 20.1. The molecule has 2 aromatic rings. The highest BCUT2D eigenvalue weighted by molar-refractivity contribution is 5.94. The second kappa shape index (κ2) is 9.59. The summed E-state index contributed by atoms with van der Waals surface area (Å²) in [5, 5.41) is 4.71. The predicted molar refractivity (Wildman–Crippen MR) is 132 cm³/mol. The number of carbonyl (C=O) groups is 1. The van der Waals surface area contributed by atoms with Gasteiger partial charge in [0, 0.05) is 50.9 Å². The fourth-order valence-electron chi connectivity index (χ4n) is 5.32. The van der Waals surface area contributed by atoms with Crippen LogP contribution in [0.2, 0.25) is 0 Å². The summed E-state index contributed by atoms with van der Waals surface area (Å²) in [6, 6.07) is 11.3. The predicted octanol–water partition coefficient (Wildman–Crippen LogP) is 1.43. The van der Waals surface area contributed by atoms with Crippen molar-refractivity contribution in [3.63, 3.8) is 0 Å². The number of nitrogens with zero attached hydrogens (tertiary/aromatic N) is 3. The van der Waals surface area contributed by atoms with E-state index in [-0.39, 0.29) is 30.5 Å². The van der Waals surface area contributed by atoms with Crippen molar-refractivity contribution in [1.82, 2.24) is 26.5 Å². The molecule has 2 aromatic carbocycles. The van der Waals surface area contributed by atoms with Gasteiger partial charge >= 0.3 is 0 Å². The SMILES string of the molecule is CNCc1cc(C2NNC3CC(=O)N(c4c(C)cccc4F)NC32)ccc1N1CCN(C)CC1. The Labute approximate surface area is 200 Å². The maximum absolute atomic E-state index is 14.7. The molecule has 0 saturated carbocycles. The van der Waals surface area contributed by atoms with E-state index < -0.39 is 5.82 Å². The van der Waals surface area contributed by atoms with Crippen LogP contribution < -0.4 is 31.5 Å². The number of hydrogen-bond acceptors (Lipinski definition) is 7. The molecule has 3 atom stereocenters. The Bertz CT molecular complexity index is 1040. The second-order valence-corrected chi connectivity index (χ2v) is 9.58. The van der Waals surface area contributed by atoms with Crippen LogP contribution in [0.3, 0.4) is 0 Å². The smallest absolute Gasteiger partial charge is 0.243 e. The molecule has 3 fully saturated rings. The first-order chi connectivity index (χ1) is 16.5. The van der Waals surface area contributed by atoms with Crippen LogP contribution in [-0.4, -0.2) is 63.2 Å². The van der Waals surface area contributed by atoms with Crippen LogP contribution in [0.4, 0.5) is 15.8 Å². The number of hydrazine groups is 2. The van der Waals surface area contributed by atoms with E-state index in [0.29, 0.717) is 5.69 Å². The maximum Gasteiger partial charge on any atom is 0.243 e. The molecule has 5 rings (SSSR count). The number of amides is 1. The fourth-order valence-corrected chi connectivity index (χ4v) is 5.32. The molecule has 0 aliphatic carbocycles. The molecule has 4 N–H and O–H groups in total. The summed E-state index contributed by atoms with van der Waals surface area (Å²) in [7, 11) is 4.13. The number of carbonyl (C=O) groups excluding carboxylic acids is 1. The average molecular weight is 468 g/mol. The Kier molecular flexibility index (Phi) is 6.54. The Morgan fingerprint density at radius 3 is 2.65 bits per heavy atom. The first-order valence-electron chi connectivity index (χ1n) is 12.0. The highest BCUT2D eigenvalue weighted by atomic mass is 19.1. The highest BCUT2D eigenvalue weighted by Gasteiger charge is 2.44. The Balaban J connectivity index is 1.41. The zero-order chi connectivity index (χ0) is 23.8. The summed E-state index contributed by atoms with van der Waals surface area (Å²) in [6.45, 7) is 6.74. The third-order valence-electron chi connectivity index (χ3n) is 7.22. The van der Waals surface area contributed by atoms with Crippen LogP contribution in [0, 0.1) is 12.7 Å². The van der Waals surface area contributed by atoms with Crippen molar-refractivity contribution in [2.45, 2.75) is 38.0 Å². The summed E-state index contributed by atoms with van der Waals surface area (Å²) >= 11 is 0. The van der Waals surface area contributed by atoms with Gasteiger partial charge in [0.05, 0.1) is 17.8 Å². The van der Waals surface area contributed by atoms with Crippen LogP contribution in [0.5, 0.6) is 0 Å². The molecule has 3 saturated heterocycles. The summed E-state index contributed by atoms with van der Waals surface area (Å²) < 4.78 is 14.7. The standard InChI is InChI=1S/C25H34FN7O/c1-16-5-4-6-19(26)25(16)33-22(34)14-20-24(30-33)23(29-28-20)17-7-8-21(18(13-17)15-27-2)32-11-9-31(3)10-12-32/h4-8,13,20,23-24,27-30H,9-12,14-15H2,1-3H3. The highest BCUT2D eigenvalue weighted by Crippen LogP contribution is 2.34. The third-order valence-corrected chi connectivity index (χ3v) is 7.22. The molecule has 3 aliphatic heterocycles. The van der Waals surface area contributed by atoms with Gasteiger partial charge in [-0.15, -0.1) is 0 Å². The molecule has 0 spiro atoms. The number of anilines is 2. The number of rotatable bonds is 5. The average Bonchev–Trinajstić information content (AvgIpc) is 3.22.